The quantitative estimate of drug-likeness (QED) is 0.620. The summed E-state index contributed by atoms with van der Waals surface area (Å²) in [6, 6.07) is 0.299. The highest BCUT2D eigenvalue weighted by molar-refractivity contribution is 5.74. The van der Waals surface area contributed by atoms with Gasteiger partial charge in [-0.1, -0.05) is 19.8 Å². The van der Waals surface area contributed by atoms with Crippen molar-refractivity contribution in [2.24, 2.45) is 5.92 Å². The average Bonchev–Trinajstić information content (AvgIpc) is 2.56. The summed E-state index contributed by atoms with van der Waals surface area (Å²) >= 11 is 0. The van der Waals surface area contributed by atoms with Gasteiger partial charge in [0.2, 0.25) is 0 Å². The molecule has 1 unspecified atom stereocenters. The lowest BCUT2D eigenvalue weighted by Crippen LogP contribution is -2.47. The molecular weight excluding hydrogens is 200 g/mol. The van der Waals surface area contributed by atoms with Crippen LogP contribution in [0.3, 0.4) is 0 Å². The number of hydrogen-bond donors (Lipinski definition) is 0. The molecule has 2 aliphatic rings. The van der Waals surface area contributed by atoms with Gasteiger partial charge in [-0.25, -0.2) is 4.79 Å². The smallest absolute Gasteiger partial charge is 0.320 e. The van der Waals surface area contributed by atoms with Crippen molar-refractivity contribution in [1.82, 2.24) is 9.80 Å². The maximum absolute atomic E-state index is 12.3. The monoisotopic (exact) mass is 224 g/mol. The SMILES string of the molecule is CC1CCCN(C(=O)N2CCCCCC2)C1. The third kappa shape index (κ3) is 2.89. The van der Waals surface area contributed by atoms with Crippen molar-refractivity contribution in [2.75, 3.05) is 26.2 Å². The van der Waals surface area contributed by atoms with Gasteiger partial charge in [0.25, 0.3) is 0 Å². The Morgan fingerprint density at radius 1 is 0.938 bits per heavy atom. The molecule has 0 bridgehead atoms. The topological polar surface area (TPSA) is 23.6 Å². The van der Waals surface area contributed by atoms with Crippen LogP contribution in [0.2, 0.25) is 0 Å². The molecule has 92 valence electrons. The average molecular weight is 224 g/mol. The van der Waals surface area contributed by atoms with Gasteiger partial charge in [0, 0.05) is 26.2 Å². The normalized spacial score (nSPS) is 27.7. The van der Waals surface area contributed by atoms with Gasteiger partial charge in [-0.15, -0.1) is 0 Å². The van der Waals surface area contributed by atoms with Crippen molar-refractivity contribution in [1.29, 1.82) is 0 Å². The predicted octanol–water partition coefficient (Wildman–Crippen LogP) is 2.71. The summed E-state index contributed by atoms with van der Waals surface area (Å²) in [4.78, 5) is 16.4. The number of amides is 2. The molecule has 2 fully saturated rings. The summed E-state index contributed by atoms with van der Waals surface area (Å²) in [5.74, 6) is 0.685. The first-order valence-corrected chi connectivity index (χ1v) is 6.81. The summed E-state index contributed by atoms with van der Waals surface area (Å²) in [6.07, 6.45) is 7.43. The van der Waals surface area contributed by atoms with Gasteiger partial charge >= 0.3 is 6.03 Å². The Hall–Kier alpha value is -0.730. The number of urea groups is 1. The Bertz CT molecular complexity index is 230. The van der Waals surface area contributed by atoms with E-state index >= 15 is 0 Å². The number of carbonyl (C=O) groups excluding carboxylic acids is 1. The van der Waals surface area contributed by atoms with E-state index in [-0.39, 0.29) is 0 Å². The molecule has 16 heavy (non-hydrogen) atoms. The highest BCUT2D eigenvalue weighted by atomic mass is 16.2. The minimum Gasteiger partial charge on any atom is -0.325 e. The molecule has 2 aliphatic heterocycles. The van der Waals surface area contributed by atoms with E-state index in [0.717, 1.165) is 26.2 Å². The number of likely N-dealkylation sites (tertiary alicyclic amines) is 2. The van der Waals surface area contributed by atoms with E-state index in [9.17, 15) is 4.79 Å². The highest BCUT2D eigenvalue weighted by Gasteiger charge is 2.25. The van der Waals surface area contributed by atoms with Crippen molar-refractivity contribution in [2.45, 2.75) is 45.4 Å². The molecule has 2 amide bonds. The first-order valence-electron chi connectivity index (χ1n) is 6.81. The van der Waals surface area contributed by atoms with Gasteiger partial charge in [-0.3, -0.25) is 0 Å². The van der Waals surface area contributed by atoms with E-state index in [1.54, 1.807) is 0 Å². The molecule has 2 saturated heterocycles. The second-order valence-electron chi connectivity index (χ2n) is 5.38. The van der Waals surface area contributed by atoms with Crippen molar-refractivity contribution in [3.05, 3.63) is 0 Å². The van der Waals surface area contributed by atoms with Gasteiger partial charge in [-0.05, 0) is 31.6 Å². The fraction of sp³-hybridized carbons (Fsp3) is 0.923. The highest BCUT2D eigenvalue weighted by Crippen LogP contribution is 2.18. The first-order chi connectivity index (χ1) is 7.77. The van der Waals surface area contributed by atoms with Gasteiger partial charge in [-0.2, -0.15) is 0 Å². The Morgan fingerprint density at radius 2 is 1.56 bits per heavy atom. The molecule has 0 aromatic rings. The van der Waals surface area contributed by atoms with E-state index in [1.165, 1.54) is 38.5 Å². The summed E-state index contributed by atoms with van der Waals surface area (Å²) in [5.41, 5.74) is 0. The van der Waals surface area contributed by atoms with Crippen LogP contribution < -0.4 is 0 Å². The molecule has 2 heterocycles. The van der Waals surface area contributed by atoms with Crippen LogP contribution in [0.15, 0.2) is 0 Å². The number of piperidine rings is 1. The lowest BCUT2D eigenvalue weighted by Gasteiger charge is -2.35. The Balaban J connectivity index is 1.89. The van der Waals surface area contributed by atoms with Crippen molar-refractivity contribution < 1.29 is 4.79 Å². The fourth-order valence-corrected chi connectivity index (χ4v) is 2.83. The van der Waals surface area contributed by atoms with Gasteiger partial charge in [0.1, 0.15) is 0 Å². The van der Waals surface area contributed by atoms with Crippen LogP contribution in [-0.4, -0.2) is 42.0 Å². The minimum atomic E-state index is 0.299. The number of nitrogens with zero attached hydrogens (tertiary/aromatic N) is 2. The van der Waals surface area contributed by atoms with E-state index in [2.05, 4.69) is 16.7 Å². The molecule has 1 atom stereocenters. The zero-order valence-electron chi connectivity index (χ0n) is 10.5. The summed E-state index contributed by atoms with van der Waals surface area (Å²) in [5, 5.41) is 0. The van der Waals surface area contributed by atoms with Gasteiger partial charge in [0.15, 0.2) is 0 Å². The summed E-state index contributed by atoms with van der Waals surface area (Å²) < 4.78 is 0. The van der Waals surface area contributed by atoms with Crippen LogP contribution in [0, 0.1) is 5.92 Å². The van der Waals surface area contributed by atoms with Crippen molar-refractivity contribution in [3.63, 3.8) is 0 Å². The minimum absolute atomic E-state index is 0.299. The predicted molar refractivity (Wildman–Crippen MR) is 65.4 cm³/mol. The number of rotatable bonds is 0. The largest absolute Gasteiger partial charge is 0.325 e. The van der Waals surface area contributed by atoms with Crippen molar-refractivity contribution >= 4 is 6.03 Å². The fourth-order valence-electron chi connectivity index (χ4n) is 2.83. The van der Waals surface area contributed by atoms with E-state index in [1.807, 2.05) is 0 Å². The second-order valence-corrected chi connectivity index (χ2v) is 5.38. The van der Waals surface area contributed by atoms with Crippen LogP contribution in [0.25, 0.3) is 0 Å². The molecule has 0 spiro atoms. The molecule has 0 saturated carbocycles. The third-order valence-corrected chi connectivity index (χ3v) is 3.80. The lowest BCUT2D eigenvalue weighted by molar-refractivity contribution is 0.132. The molecule has 0 aromatic carbocycles. The number of carbonyl (C=O) groups is 1. The van der Waals surface area contributed by atoms with Gasteiger partial charge in [0.05, 0.1) is 0 Å². The summed E-state index contributed by atoms with van der Waals surface area (Å²) in [6.45, 7) is 6.14. The van der Waals surface area contributed by atoms with E-state index in [4.69, 9.17) is 0 Å². The van der Waals surface area contributed by atoms with Crippen molar-refractivity contribution in [3.8, 4) is 0 Å². The standard InChI is InChI=1S/C13H24N2O/c1-12-7-6-10-15(11-12)13(16)14-8-4-2-3-5-9-14/h12H,2-11H2,1H3. The maximum atomic E-state index is 12.3. The molecule has 0 aliphatic carbocycles. The summed E-state index contributed by atoms with van der Waals surface area (Å²) in [7, 11) is 0. The molecule has 0 N–H and O–H groups in total. The lowest BCUT2D eigenvalue weighted by atomic mass is 10.0. The Labute approximate surface area is 98.8 Å². The maximum Gasteiger partial charge on any atom is 0.320 e. The van der Waals surface area contributed by atoms with E-state index in [0.29, 0.717) is 11.9 Å². The van der Waals surface area contributed by atoms with Crippen LogP contribution in [-0.2, 0) is 0 Å². The van der Waals surface area contributed by atoms with Crippen LogP contribution in [0.5, 0.6) is 0 Å². The Morgan fingerprint density at radius 3 is 2.19 bits per heavy atom. The Kier molecular flexibility index (Phi) is 4.08. The molecule has 3 nitrogen and oxygen atoms in total. The van der Waals surface area contributed by atoms with E-state index < -0.39 is 0 Å². The number of hydrogen-bond acceptors (Lipinski definition) is 1. The molecule has 2 rings (SSSR count). The molecular formula is C13H24N2O. The van der Waals surface area contributed by atoms with Crippen LogP contribution >= 0.6 is 0 Å². The third-order valence-electron chi connectivity index (χ3n) is 3.80. The van der Waals surface area contributed by atoms with Crippen LogP contribution in [0.4, 0.5) is 4.79 Å². The zero-order chi connectivity index (χ0) is 11.4. The molecule has 0 radical (unpaired) electrons. The van der Waals surface area contributed by atoms with Crippen LogP contribution in [0.1, 0.15) is 45.4 Å². The molecule has 0 aromatic heterocycles. The molecule has 3 heteroatoms. The van der Waals surface area contributed by atoms with Gasteiger partial charge < -0.3 is 9.80 Å². The first kappa shape index (κ1) is 11.7. The zero-order valence-corrected chi connectivity index (χ0v) is 10.5. The second kappa shape index (κ2) is 5.55.